The van der Waals surface area contributed by atoms with Crippen LogP contribution in [0.25, 0.3) is 20.7 Å². The van der Waals surface area contributed by atoms with Gasteiger partial charge in [0.05, 0.1) is 35.4 Å². The lowest BCUT2D eigenvalue weighted by Gasteiger charge is -2.13. The Morgan fingerprint density at radius 2 is 1.96 bits per heavy atom. The second-order valence-corrected chi connectivity index (χ2v) is 12.0. The summed E-state index contributed by atoms with van der Waals surface area (Å²) in [7, 11) is 0. The van der Waals surface area contributed by atoms with Gasteiger partial charge in [0.2, 0.25) is 0 Å². The largest absolute Gasteiger partial charge is 0.490 e. The first kappa shape index (κ1) is 35.0. The second kappa shape index (κ2) is 15.3. The zero-order valence-electron chi connectivity index (χ0n) is 25.0. The van der Waals surface area contributed by atoms with Crippen LogP contribution in [0.2, 0.25) is 5.02 Å². The highest BCUT2D eigenvalue weighted by Gasteiger charge is 2.38. The Balaban J connectivity index is 0.000000582. The molecular weight excluding hydrogens is 680 g/mol. The van der Waals surface area contributed by atoms with Crippen LogP contribution in [-0.4, -0.2) is 73.0 Å². The van der Waals surface area contributed by atoms with Crippen molar-refractivity contribution in [2.45, 2.75) is 38.3 Å². The fraction of sp³-hybridized carbons (Fsp3) is 0.290. The van der Waals surface area contributed by atoms with Crippen LogP contribution in [0.15, 0.2) is 55.0 Å². The van der Waals surface area contributed by atoms with Gasteiger partial charge < -0.3 is 30.7 Å². The number of nitrogens with one attached hydrogen (secondary N) is 2. The SMILES string of the molecule is O=C(O)C(F)(F)F.OCCNC[C@@H](O)Cn1cc2c(n1)CCc1c-2sc2ncnc(Nc3ccc(OCc4cccc(F)c4)c(Cl)c3)c12. The van der Waals surface area contributed by atoms with Gasteiger partial charge in [-0.05, 0) is 54.3 Å². The number of carboxylic acid groups (broad SMARTS) is 1. The molecule has 6 rings (SSSR count). The van der Waals surface area contributed by atoms with E-state index < -0.39 is 18.2 Å². The highest BCUT2D eigenvalue weighted by Crippen LogP contribution is 2.45. The van der Waals surface area contributed by atoms with E-state index >= 15 is 0 Å². The lowest BCUT2D eigenvalue weighted by atomic mass is 9.95. The number of carboxylic acids is 1. The third-order valence-electron chi connectivity index (χ3n) is 7.07. The average molecular weight is 709 g/mol. The number of ether oxygens (including phenoxy) is 1. The average Bonchev–Trinajstić information content (AvgIpc) is 3.62. The summed E-state index contributed by atoms with van der Waals surface area (Å²) in [5, 5.41) is 38.9. The van der Waals surface area contributed by atoms with Gasteiger partial charge in [-0.1, -0.05) is 23.7 Å². The highest BCUT2D eigenvalue weighted by molar-refractivity contribution is 7.22. The number of aromatic nitrogens is 4. The predicted octanol–water partition coefficient (Wildman–Crippen LogP) is 5.34. The number of benzene rings is 2. The number of hydrogen-bond donors (Lipinski definition) is 5. The number of halogens is 5. The van der Waals surface area contributed by atoms with Crippen molar-refractivity contribution in [1.29, 1.82) is 0 Å². The zero-order valence-corrected chi connectivity index (χ0v) is 26.5. The van der Waals surface area contributed by atoms with Crippen molar-refractivity contribution >= 4 is 50.6 Å². The number of rotatable bonds is 11. The Hall–Kier alpha value is -4.35. The molecule has 1 atom stereocenters. The molecule has 5 aromatic rings. The fourth-order valence-corrected chi connectivity index (χ4v) is 6.42. The summed E-state index contributed by atoms with van der Waals surface area (Å²) >= 11 is 8.13. The molecule has 1 aliphatic rings. The van der Waals surface area contributed by atoms with Crippen molar-refractivity contribution in [3.8, 4) is 16.2 Å². The van der Waals surface area contributed by atoms with E-state index in [1.165, 1.54) is 17.7 Å². The van der Waals surface area contributed by atoms with E-state index in [2.05, 4.69) is 20.6 Å². The molecule has 17 heteroatoms. The molecule has 0 saturated heterocycles. The van der Waals surface area contributed by atoms with E-state index in [0.717, 1.165) is 44.9 Å². The Bertz CT molecular complexity index is 1900. The number of aliphatic hydroxyl groups is 2. The van der Waals surface area contributed by atoms with Crippen molar-refractivity contribution in [2.24, 2.45) is 0 Å². The maximum Gasteiger partial charge on any atom is 0.490 e. The number of aliphatic carboxylic acids is 1. The van der Waals surface area contributed by atoms with Crippen molar-refractivity contribution < 1.29 is 42.4 Å². The van der Waals surface area contributed by atoms with E-state index in [1.807, 2.05) is 12.3 Å². The van der Waals surface area contributed by atoms with Crippen LogP contribution in [-0.2, 0) is 30.8 Å². The molecule has 3 heterocycles. The van der Waals surface area contributed by atoms with Gasteiger partial charge >= 0.3 is 12.1 Å². The number of carbonyl (C=O) groups is 1. The van der Waals surface area contributed by atoms with Gasteiger partial charge in [0.1, 0.15) is 35.1 Å². The lowest BCUT2D eigenvalue weighted by molar-refractivity contribution is -0.192. The summed E-state index contributed by atoms with van der Waals surface area (Å²) in [6.45, 7) is 1.42. The molecule has 3 aromatic heterocycles. The van der Waals surface area contributed by atoms with Crippen molar-refractivity contribution in [3.63, 3.8) is 0 Å². The van der Waals surface area contributed by atoms with Gasteiger partial charge in [-0.25, -0.2) is 19.2 Å². The Morgan fingerprint density at radius 1 is 1.17 bits per heavy atom. The van der Waals surface area contributed by atoms with Crippen molar-refractivity contribution in [1.82, 2.24) is 25.1 Å². The van der Waals surface area contributed by atoms with Crippen LogP contribution >= 0.6 is 22.9 Å². The smallest absolute Gasteiger partial charge is 0.487 e. The van der Waals surface area contributed by atoms with Gasteiger partial charge in [-0.3, -0.25) is 4.68 Å². The molecule has 1 aliphatic carbocycles. The molecular formula is C31H29ClF4N6O5S. The number of anilines is 2. The van der Waals surface area contributed by atoms with Crippen LogP contribution in [0.1, 0.15) is 16.8 Å². The first-order valence-electron chi connectivity index (χ1n) is 14.5. The predicted molar refractivity (Wildman–Crippen MR) is 171 cm³/mol. The Kier molecular flexibility index (Phi) is 11.1. The molecule has 2 aromatic carbocycles. The third kappa shape index (κ3) is 8.56. The van der Waals surface area contributed by atoms with E-state index in [1.54, 1.807) is 46.6 Å². The topological polar surface area (TPSA) is 155 Å². The van der Waals surface area contributed by atoms with Crippen LogP contribution in [0, 0.1) is 5.82 Å². The Morgan fingerprint density at radius 3 is 2.67 bits per heavy atom. The lowest BCUT2D eigenvalue weighted by Crippen LogP contribution is -2.32. The highest BCUT2D eigenvalue weighted by atomic mass is 35.5. The molecule has 0 amide bonds. The fourth-order valence-electron chi connectivity index (χ4n) is 4.96. The first-order valence-corrected chi connectivity index (χ1v) is 15.7. The van der Waals surface area contributed by atoms with Gasteiger partial charge in [0.25, 0.3) is 0 Å². The minimum absolute atomic E-state index is 0.0298. The maximum atomic E-state index is 13.5. The van der Waals surface area contributed by atoms with E-state index in [4.69, 9.17) is 36.4 Å². The van der Waals surface area contributed by atoms with Crippen LogP contribution in [0.4, 0.5) is 29.1 Å². The molecule has 48 heavy (non-hydrogen) atoms. The summed E-state index contributed by atoms with van der Waals surface area (Å²) in [6, 6.07) is 11.7. The summed E-state index contributed by atoms with van der Waals surface area (Å²) in [5.41, 5.74) is 4.70. The Labute approximate surface area is 279 Å². The minimum Gasteiger partial charge on any atom is -0.487 e. The molecule has 0 radical (unpaired) electrons. The summed E-state index contributed by atoms with van der Waals surface area (Å²) in [4.78, 5) is 20.0. The molecule has 0 aliphatic heterocycles. The normalized spacial score (nSPS) is 12.9. The molecule has 0 spiro atoms. The van der Waals surface area contributed by atoms with E-state index in [0.29, 0.717) is 41.8 Å². The first-order chi connectivity index (χ1) is 22.9. The zero-order chi connectivity index (χ0) is 34.4. The monoisotopic (exact) mass is 708 g/mol. The second-order valence-electron chi connectivity index (χ2n) is 10.6. The van der Waals surface area contributed by atoms with Gasteiger partial charge in [0.15, 0.2) is 0 Å². The number of thiophene rings is 1. The molecule has 0 bridgehead atoms. The maximum absolute atomic E-state index is 13.5. The molecule has 5 N–H and O–H groups in total. The third-order valence-corrected chi connectivity index (χ3v) is 8.54. The summed E-state index contributed by atoms with van der Waals surface area (Å²) in [6.07, 6.45) is -0.588. The number of alkyl halides is 3. The van der Waals surface area contributed by atoms with Gasteiger partial charge in [0, 0.05) is 35.4 Å². The number of aliphatic hydroxyl groups excluding tert-OH is 2. The number of fused-ring (bicyclic) bond motifs is 5. The van der Waals surface area contributed by atoms with Gasteiger partial charge in [-0.15, -0.1) is 11.3 Å². The van der Waals surface area contributed by atoms with Crippen LogP contribution < -0.4 is 15.4 Å². The number of aryl methyl sites for hydroxylation is 2. The molecule has 0 fully saturated rings. The van der Waals surface area contributed by atoms with E-state index in [9.17, 15) is 22.7 Å². The van der Waals surface area contributed by atoms with Crippen LogP contribution in [0.5, 0.6) is 5.75 Å². The molecule has 0 unspecified atom stereocenters. The summed E-state index contributed by atoms with van der Waals surface area (Å²) in [5.74, 6) is -1.87. The quantitative estimate of drug-likeness (QED) is 0.0897. The number of nitrogens with zero attached hydrogens (tertiary/aromatic N) is 4. The standard InChI is InChI=1S/C29H28ClFN6O3S.C2HF3O2/c30-23-11-19(4-7-25(23)40-15-17-2-1-3-18(31)10-17)35-28-26-21-5-6-24-22(27(21)41-29(26)34-16-33-28)14-37(36-24)13-20(39)12-32-8-9-38;3-2(4,5)1(6)7/h1-4,7,10-11,14,16,20,32,38-39H,5-6,8-9,12-13,15H2,(H,33,34,35);(H,6,7)/t20-;/m1./s1. The summed E-state index contributed by atoms with van der Waals surface area (Å²) < 4.78 is 52.8. The molecule has 0 saturated carbocycles. The van der Waals surface area contributed by atoms with E-state index in [-0.39, 0.29) is 19.0 Å². The van der Waals surface area contributed by atoms with Crippen molar-refractivity contribution in [3.05, 3.63) is 82.6 Å². The molecule has 254 valence electrons. The number of hydrogen-bond acceptors (Lipinski definition) is 10. The van der Waals surface area contributed by atoms with Crippen LogP contribution in [0.3, 0.4) is 0 Å². The minimum atomic E-state index is -5.08. The molecule has 11 nitrogen and oxygen atoms in total. The van der Waals surface area contributed by atoms with Gasteiger partial charge in [-0.2, -0.15) is 18.3 Å². The van der Waals surface area contributed by atoms with Crippen molar-refractivity contribution in [2.75, 3.05) is 25.0 Å².